The number of rotatable bonds is 4. The van der Waals surface area contributed by atoms with Gasteiger partial charge in [-0.3, -0.25) is 4.79 Å². The SMILES string of the molecule is COc1ccc(-c2coc3c[c-]ccc3c2=O)c(N)c1.OOOOS.[Na+]. The third-order valence-corrected chi connectivity index (χ3v) is 3.29. The smallest absolute Gasteiger partial charge is 0.522 e. The summed E-state index contributed by atoms with van der Waals surface area (Å²) < 4.78 is 14.0. The van der Waals surface area contributed by atoms with E-state index in [2.05, 4.69) is 33.4 Å². The third-order valence-electron chi connectivity index (χ3n) is 3.23. The molecule has 0 saturated carbocycles. The van der Waals surface area contributed by atoms with E-state index in [1.807, 2.05) is 0 Å². The van der Waals surface area contributed by atoms with E-state index in [0.717, 1.165) is 0 Å². The van der Waals surface area contributed by atoms with Crippen LogP contribution in [0, 0.1) is 6.07 Å². The van der Waals surface area contributed by atoms with Crippen LogP contribution in [-0.2, 0) is 14.4 Å². The van der Waals surface area contributed by atoms with Gasteiger partial charge in [0.1, 0.15) is 5.75 Å². The first kappa shape index (κ1) is 22.5. The van der Waals surface area contributed by atoms with Crippen molar-refractivity contribution in [3.05, 3.63) is 59.0 Å². The van der Waals surface area contributed by atoms with Crippen LogP contribution in [0.4, 0.5) is 5.69 Å². The molecule has 0 aliphatic rings. The van der Waals surface area contributed by atoms with Gasteiger partial charge in [0.05, 0.1) is 18.9 Å². The monoisotopic (exact) mass is 387 g/mol. The van der Waals surface area contributed by atoms with Crippen molar-refractivity contribution in [1.29, 1.82) is 0 Å². The quantitative estimate of drug-likeness (QED) is 0.109. The number of nitrogen functional groups attached to an aromatic ring is 1. The molecule has 10 heteroatoms. The predicted molar refractivity (Wildman–Crippen MR) is 92.6 cm³/mol. The Bertz CT molecular complexity index is 901. The molecular formula is C16H14NNaO7S. The maximum Gasteiger partial charge on any atom is 1.00 e. The van der Waals surface area contributed by atoms with Gasteiger partial charge in [-0.15, -0.1) is 10.4 Å². The molecule has 3 rings (SSSR count). The zero-order valence-electron chi connectivity index (χ0n) is 14.0. The molecule has 8 nitrogen and oxygen atoms in total. The Morgan fingerprint density at radius 3 is 2.62 bits per heavy atom. The fraction of sp³-hybridized carbons (Fsp3) is 0.0625. The summed E-state index contributed by atoms with van der Waals surface area (Å²) >= 11 is 2.99. The Morgan fingerprint density at radius 1 is 1.27 bits per heavy atom. The number of thiol groups is 1. The van der Waals surface area contributed by atoms with E-state index in [4.69, 9.17) is 20.1 Å². The van der Waals surface area contributed by atoms with Gasteiger partial charge < -0.3 is 14.9 Å². The van der Waals surface area contributed by atoms with Crippen molar-refractivity contribution in [2.45, 2.75) is 0 Å². The van der Waals surface area contributed by atoms with Crippen LogP contribution < -0.4 is 45.5 Å². The summed E-state index contributed by atoms with van der Waals surface area (Å²) in [6.07, 6.45) is 1.43. The minimum Gasteiger partial charge on any atom is -0.522 e. The predicted octanol–water partition coefficient (Wildman–Crippen LogP) is 0.0390. The number of nitrogens with two attached hydrogens (primary N) is 1. The van der Waals surface area contributed by atoms with Gasteiger partial charge >= 0.3 is 29.6 Å². The van der Waals surface area contributed by atoms with E-state index in [1.165, 1.54) is 6.26 Å². The summed E-state index contributed by atoms with van der Waals surface area (Å²) in [6, 6.07) is 13.1. The first-order valence-electron chi connectivity index (χ1n) is 6.76. The van der Waals surface area contributed by atoms with Crippen LogP contribution in [0.25, 0.3) is 22.1 Å². The number of anilines is 1. The molecule has 0 bridgehead atoms. The molecule has 0 fully saturated rings. The Balaban J connectivity index is 0.000000501. The molecule has 0 radical (unpaired) electrons. The number of hydrogen-bond acceptors (Lipinski definition) is 9. The van der Waals surface area contributed by atoms with Crippen molar-refractivity contribution in [3.8, 4) is 16.9 Å². The first-order chi connectivity index (χ1) is 12.1. The van der Waals surface area contributed by atoms with Gasteiger partial charge in [-0.1, -0.05) is 0 Å². The summed E-state index contributed by atoms with van der Waals surface area (Å²) in [6.45, 7) is 0. The molecule has 0 aliphatic carbocycles. The molecule has 0 spiro atoms. The minimum absolute atomic E-state index is 0. The standard InChI is InChI=1S/C16H12NO3.Na.H2O4S/c1-19-10-6-7-11(14(17)8-10)13-9-20-15-5-3-2-4-12(15)16(13)18;;1-2-3-4-5/h2,4-9H,17H2,1H3;;1,5H/q-1;+1;. The Hall–Kier alpha value is -1.56. The summed E-state index contributed by atoms with van der Waals surface area (Å²) in [5, 5.41) is 13.8. The first-order valence-corrected chi connectivity index (χ1v) is 7.12. The number of fused-ring (bicyclic) bond motifs is 1. The van der Waals surface area contributed by atoms with Crippen molar-refractivity contribution in [3.63, 3.8) is 0 Å². The summed E-state index contributed by atoms with van der Waals surface area (Å²) in [7, 11) is 1.56. The molecule has 0 atom stereocenters. The average molecular weight is 387 g/mol. The van der Waals surface area contributed by atoms with Crippen molar-refractivity contribution < 1.29 is 58.4 Å². The average Bonchev–Trinajstić information content (AvgIpc) is 2.64. The molecule has 0 aliphatic heterocycles. The summed E-state index contributed by atoms with van der Waals surface area (Å²) in [5.41, 5.74) is 7.91. The van der Waals surface area contributed by atoms with Crippen LogP contribution in [0.15, 0.2) is 51.9 Å². The zero-order valence-corrected chi connectivity index (χ0v) is 16.9. The molecule has 3 N–H and O–H groups in total. The molecule has 0 amide bonds. The van der Waals surface area contributed by atoms with E-state index in [9.17, 15) is 4.79 Å². The minimum atomic E-state index is -0.114. The third kappa shape index (κ3) is 5.47. The molecule has 26 heavy (non-hydrogen) atoms. The summed E-state index contributed by atoms with van der Waals surface area (Å²) in [5.74, 6) is 0.644. The maximum atomic E-state index is 12.5. The van der Waals surface area contributed by atoms with Gasteiger partial charge in [0, 0.05) is 35.8 Å². The second kappa shape index (κ2) is 11.2. The second-order valence-corrected chi connectivity index (χ2v) is 4.72. The topological polar surface area (TPSA) is 113 Å². The molecule has 1 heterocycles. The molecule has 2 aromatic carbocycles. The van der Waals surface area contributed by atoms with Crippen molar-refractivity contribution >= 4 is 29.6 Å². The summed E-state index contributed by atoms with van der Waals surface area (Å²) in [4.78, 5) is 12.5. The molecule has 132 valence electrons. The van der Waals surface area contributed by atoms with E-state index in [-0.39, 0.29) is 35.0 Å². The normalized spacial score (nSPS) is 9.81. The van der Waals surface area contributed by atoms with Gasteiger partial charge in [-0.05, 0) is 27.6 Å². The van der Waals surface area contributed by atoms with Crippen LogP contribution in [0.3, 0.4) is 0 Å². The van der Waals surface area contributed by atoms with Gasteiger partial charge in [0.25, 0.3) is 0 Å². The Labute approximate surface area is 176 Å². The van der Waals surface area contributed by atoms with Crippen molar-refractivity contribution in [1.82, 2.24) is 0 Å². The number of benzene rings is 2. The van der Waals surface area contributed by atoms with E-state index < -0.39 is 0 Å². The van der Waals surface area contributed by atoms with Crippen molar-refractivity contribution in [2.75, 3.05) is 12.8 Å². The van der Waals surface area contributed by atoms with Crippen molar-refractivity contribution in [2.24, 2.45) is 0 Å². The van der Waals surface area contributed by atoms with Gasteiger partial charge in [0.2, 0.25) is 0 Å². The van der Waals surface area contributed by atoms with E-state index >= 15 is 0 Å². The Kier molecular flexibility index (Phi) is 9.70. The fourth-order valence-corrected chi connectivity index (χ4v) is 2.16. The molecular weight excluding hydrogens is 373 g/mol. The van der Waals surface area contributed by atoms with Gasteiger partial charge in [0.15, 0.2) is 5.43 Å². The van der Waals surface area contributed by atoms with Crippen LogP contribution in [0.2, 0.25) is 0 Å². The molecule has 0 saturated heterocycles. The van der Waals surface area contributed by atoms with Gasteiger partial charge in [-0.2, -0.15) is 18.2 Å². The molecule has 1 aromatic heterocycles. The maximum absolute atomic E-state index is 12.5. The Morgan fingerprint density at radius 2 is 2.04 bits per heavy atom. The van der Waals surface area contributed by atoms with Crippen LogP contribution in [-0.4, -0.2) is 12.4 Å². The van der Waals surface area contributed by atoms with E-state index in [0.29, 0.717) is 33.5 Å². The largest absolute Gasteiger partial charge is 1.00 e. The molecule has 0 unspecified atom stereocenters. The zero-order chi connectivity index (χ0) is 18.2. The number of hydrogen-bond donors (Lipinski definition) is 3. The van der Waals surface area contributed by atoms with Crippen LogP contribution >= 0.6 is 12.9 Å². The molecule has 3 aromatic rings. The number of ether oxygens (including phenoxy) is 1. The second-order valence-electron chi connectivity index (χ2n) is 4.57. The van der Waals surface area contributed by atoms with Crippen LogP contribution in [0.5, 0.6) is 5.75 Å². The fourth-order valence-electron chi connectivity index (χ4n) is 2.13. The van der Waals surface area contributed by atoms with Crippen LogP contribution in [0.1, 0.15) is 0 Å². The number of methoxy groups -OCH3 is 1. The van der Waals surface area contributed by atoms with Gasteiger partial charge in [-0.25, -0.2) is 5.26 Å². The van der Waals surface area contributed by atoms with E-state index in [1.54, 1.807) is 43.5 Å².